The maximum Gasteiger partial charge on any atom is 0.277 e. The van der Waals surface area contributed by atoms with Gasteiger partial charge in [-0.3, -0.25) is 14.4 Å². The Labute approximate surface area is 215 Å². The van der Waals surface area contributed by atoms with Crippen LogP contribution in [0.2, 0.25) is 0 Å². The van der Waals surface area contributed by atoms with Gasteiger partial charge in [-0.2, -0.15) is 0 Å². The van der Waals surface area contributed by atoms with E-state index in [4.69, 9.17) is 4.84 Å². The van der Waals surface area contributed by atoms with Crippen LogP contribution >= 0.6 is 15.9 Å². The predicted molar refractivity (Wildman–Crippen MR) is 135 cm³/mol. The molecule has 12 heteroatoms. The molecule has 1 aliphatic heterocycles. The molecule has 0 unspecified atom stereocenters. The number of nitrogens with one attached hydrogen (secondary N) is 3. The third-order valence-electron chi connectivity index (χ3n) is 6.15. The predicted octanol–water partition coefficient (Wildman–Crippen LogP) is 3.48. The van der Waals surface area contributed by atoms with E-state index in [1.54, 1.807) is 17.7 Å². The topological polar surface area (TPSA) is 101 Å². The molecule has 0 saturated carbocycles. The standard InChI is InChI=1S/C24H27BrF2N6O3/c1-32-8-5-14(6-9-32)23(34)28-7-10-36-31-24(35)16-12-19-22(29-13-33(19)2)20(27)21(16)30-18-4-3-15(25)11-17(18)26/h3-4,11-14,30H,5-10H2,1-2H3,(H,28,34)(H,31,35). The fraction of sp³-hybridized carbons (Fsp3) is 0.375. The number of aryl methyl sites for hydroxylation is 1. The van der Waals surface area contributed by atoms with Gasteiger partial charge in [-0.25, -0.2) is 19.2 Å². The summed E-state index contributed by atoms with van der Waals surface area (Å²) in [6, 6.07) is 5.69. The zero-order valence-corrected chi connectivity index (χ0v) is 21.5. The Morgan fingerprint density at radius 2 is 1.94 bits per heavy atom. The van der Waals surface area contributed by atoms with Crippen molar-refractivity contribution in [2.75, 3.05) is 38.6 Å². The number of imidazole rings is 1. The van der Waals surface area contributed by atoms with Crippen LogP contribution in [0, 0.1) is 17.6 Å². The lowest BCUT2D eigenvalue weighted by molar-refractivity contribution is -0.126. The number of carbonyl (C=O) groups excluding carboxylic acids is 2. The number of benzene rings is 2. The zero-order valence-electron chi connectivity index (χ0n) is 19.9. The van der Waals surface area contributed by atoms with E-state index in [0.29, 0.717) is 9.99 Å². The van der Waals surface area contributed by atoms with E-state index < -0.39 is 17.5 Å². The first-order valence-electron chi connectivity index (χ1n) is 11.5. The molecule has 3 N–H and O–H groups in total. The summed E-state index contributed by atoms with van der Waals surface area (Å²) < 4.78 is 31.9. The fourth-order valence-electron chi connectivity index (χ4n) is 4.06. The maximum atomic E-state index is 15.4. The van der Waals surface area contributed by atoms with E-state index in [9.17, 15) is 14.0 Å². The molecule has 2 heterocycles. The van der Waals surface area contributed by atoms with E-state index in [1.165, 1.54) is 24.5 Å². The van der Waals surface area contributed by atoms with Crippen molar-refractivity contribution in [3.63, 3.8) is 0 Å². The summed E-state index contributed by atoms with van der Waals surface area (Å²) in [5.41, 5.74) is 2.34. The summed E-state index contributed by atoms with van der Waals surface area (Å²) in [7, 11) is 3.69. The number of nitrogens with zero attached hydrogens (tertiary/aromatic N) is 3. The van der Waals surface area contributed by atoms with Gasteiger partial charge >= 0.3 is 0 Å². The van der Waals surface area contributed by atoms with Crippen molar-refractivity contribution >= 4 is 50.2 Å². The average Bonchev–Trinajstić information content (AvgIpc) is 3.22. The fourth-order valence-corrected chi connectivity index (χ4v) is 4.40. The molecule has 1 fully saturated rings. The highest BCUT2D eigenvalue weighted by molar-refractivity contribution is 9.10. The van der Waals surface area contributed by atoms with Crippen molar-refractivity contribution in [1.29, 1.82) is 0 Å². The SMILES string of the molecule is CN1CCC(C(=O)NCCONC(=O)c2cc3c(ncn3C)c(F)c2Nc2ccc(Br)cc2F)CC1. The molecule has 1 saturated heterocycles. The van der Waals surface area contributed by atoms with Crippen LogP contribution in [0.25, 0.3) is 11.0 Å². The van der Waals surface area contributed by atoms with E-state index >= 15 is 4.39 Å². The van der Waals surface area contributed by atoms with Crippen LogP contribution in [0.4, 0.5) is 20.2 Å². The van der Waals surface area contributed by atoms with Crippen LogP contribution in [-0.2, 0) is 16.7 Å². The molecular formula is C24H27BrF2N6O3. The number of piperidine rings is 1. The zero-order chi connectivity index (χ0) is 25.8. The summed E-state index contributed by atoms with van der Waals surface area (Å²) in [5, 5.41) is 5.49. The maximum absolute atomic E-state index is 15.4. The third-order valence-corrected chi connectivity index (χ3v) is 6.65. The summed E-state index contributed by atoms with van der Waals surface area (Å²) in [6.07, 6.45) is 3.02. The number of hydrogen-bond donors (Lipinski definition) is 3. The van der Waals surface area contributed by atoms with Gasteiger partial charge in [0.2, 0.25) is 5.91 Å². The number of hydroxylamine groups is 1. The smallest absolute Gasteiger partial charge is 0.277 e. The Bertz CT molecular complexity index is 1280. The lowest BCUT2D eigenvalue weighted by Gasteiger charge is -2.28. The van der Waals surface area contributed by atoms with E-state index in [2.05, 4.69) is 41.9 Å². The number of amides is 2. The van der Waals surface area contributed by atoms with Crippen LogP contribution in [0.15, 0.2) is 35.1 Å². The van der Waals surface area contributed by atoms with Crippen molar-refractivity contribution < 1.29 is 23.2 Å². The monoisotopic (exact) mass is 564 g/mol. The Kier molecular flexibility index (Phi) is 8.17. The first-order valence-corrected chi connectivity index (χ1v) is 12.3. The van der Waals surface area contributed by atoms with Gasteiger partial charge in [-0.15, -0.1) is 0 Å². The number of hydrogen-bond acceptors (Lipinski definition) is 6. The molecule has 192 valence electrons. The Morgan fingerprint density at radius 1 is 1.19 bits per heavy atom. The van der Waals surface area contributed by atoms with Gasteiger partial charge in [-0.05, 0) is 57.2 Å². The molecule has 9 nitrogen and oxygen atoms in total. The van der Waals surface area contributed by atoms with Crippen molar-refractivity contribution in [2.45, 2.75) is 12.8 Å². The van der Waals surface area contributed by atoms with Crippen LogP contribution in [0.5, 0.6) is 0 Å². The second kappa shape index (κ2) is 11.3. The van der Waals surface area contributed by atoms with Crippen molar-refractivity contribution in [3.05, 3.63) is 52.3 Å². The van der Waals surface area contributed by atoms with Crippen LogP contribution in [0.3, 0.4) is 0 Å². The average molecular weight is 565 g/mol. The number of anilines is 2. The number of aromatic nitrogens is 2. The Morgan fingerprint density at radius 3 is 2.67 bits per heavy atom. The van der Waals surface area contributed by atoms with Crippen LogP contribution < -0.4 is 16.1 Å². The minimum absolute atomic E-state index is 0.0148. The Hall–Kier alpha value is -3.09. The normalized spacial score (nSPS) is 14.7. The lowest BCUT2D eigenvalue weighted by atomic mass is 9.96. The molecule has 0 aliphatic carbocycles. The van der Waals surface area contributed by atoms with E-state index in [1.807, 2.05) is 7.05 Å². The third kappa shape index (κ3) is 5.82. The van der Waals surface area contributed by atoms with Crippen LogP contribution in [-0.4, -0.2) is 59.6 Å². The first-order chi connectivity index (χ1) is 17.2. The molecule has 0 spiro atoms. The van der Waals surface area contributed by atoms with Gasteiger partial charge in [-0.1, -0.05) is 15.9 Å². The van der Waals surface area contributed by atoms with Crippen molar-refractivity contribution in [2.24, 2.45) is 13.0 Å². The van der Waals surface area contributed by atoms with Gasteiger partial charge in [0.05, 0.1) is 35.4 Å². The molecule has 2 amide bonds. The number of carbonyl (C=O) groups is 2. The van der Waals surface area contributed by atoms with Gasteiger partial charge in [0, 0.05) is 24.0 Å². The summed E-state index contributed by atoms with van der Waals surface area (Å²) in [5.74, 6) is -2.24. The highest BCUT2D eigenvalue weighted by atomic mass is 79.9. The molecular weight excluding hydrogens is 538 g/mol. The molecule has 4 rings (SSSR count). The number of likely N-dealkylation sites (tertiary alicyclic amines) is 1. The quantitative estimate of drug-likeness (QED) is 0.286. The first kappa shape index (κ1) is 26.0. The highest BCUT2D eigenvalue weighted by Gasteiger charge is 2.24. The number of fused-ring (bicyclic) bond motifs is 1. The molecule has 3 aromatic rings. The summed E-state index contributed by atoms with van der Waals surface area (Å²) >= 11 is 3.18. The van der Waals surface area contributed by atoms with Gasteiger partial charge < -0.3 is 20.1 Å². The minimum Gasteiger partial charge on any atom is -0.353 e. The van der Waals surface area contributed by atoms with Crippen molar-refractivity contribution in [1.82, 2.24) is 25.2 Å². The van der Waals surface area contributed by atoms with E-state index in [0.717, 1.165) is 25.9 Å². The van der Waals surface area contributed by atoms with Crippen LogP contribution in [0.1, 0.15) is 23.2 Å². The van der Waals surface area contributed by atoms with E-state index in [-0.39, 0.29) is 47.4 Å². The van der Waals surface area contributed by atoms with Gasteiger partial charge in [0.1, 0.15) is 11.3 Å². The molecule has 1 aromatic heterocycles. The second-order valence-corrected chi connectivity index (χ2v) is 9.65. The highest BCUT2D eigenvalue weighted by Crippen LogP contribution is 2.32. The summed E-state index contributed by atoms with van der Waals surface area (Å²) in [4.78, 5) is 36.7. The molecule has 0 bridgehead atoms. The molecule has 36 heavy (non-hydrogen) atoms. The van der Waals surface area contributed by atoms with Gasteiger partial charge in [0.15, 0.2) is 5.82 Å². The molecule has 1 aliphatic rings. The minimum atomic E-state index is -0.800. The summed E-state index contributed by atoms with van der Waals surface area (Å²) in [6.45, 7) is 1.98. The van der Waals surface area contributed by atoms with Crippen molar-refractivity contribution in [3.8, 4) is 0 Å². The molecule has 0 radical (unpaired) electrons. The molecule has 0 atom stereocenters. The lowest BCUT2D eigenvalue weighted by Crippen LogP contribution is -2.40. The Balaban J connectivity index is 1.43. The second-order valence-electron chi connectivity index (χ2n) is 8.73. The largest absolute Gasteiger partial charge is 0.353 e. The number of halogens is 3. The van der Waals surface area contributed by atoms with Gasteiger partial charge in [0.25, 0.3) is 5.91 Å². The number of rotatable bonds is 8. The molecule has 2 aromatic carbocycles.